The van der Waals surface area contributed by atoms with Crippen molar-refractivity contribution >= 4 is 0 Å². The average molecular weight is 245 g/mol. The summed E-state index contributed by atoms with van der Waals surface area (Å²) in [5.74, 6) is 0.930. The molecule has 0 aliphatic rings. The molecule has 0 fully saturated rings. The van der Waals surface area contributed by atoms with Crippen molar-refractivity contribution in [3.63, 3.8) is 0 Å². The maximum absolute atomic E-state index is 5.72. The van der Waals surface area contributed by atoms with E-state index < -0.39 is 0 Å². The number of nitrogens with zero attached hydrogens (tertiary/aromatic N) is 2. The third-order valence-electron chi connectivity index (χ3n) is 2.88. The van der Waals surface area contributed by atoms with E-state index in [1.54, 1.807) is 4.68 Å². The molecule has 0 amide bonds. The Hall–Kier alpha value is -1.81. The summed E-state index contributed by atoms with van der Waals surface area (Å²) in [6.07, 6.45) is 2.00. The van der Waals surface area contributed by atoms with Crippen LogP contribution in [0.1, 0.15) is 18.2 Å². The van der Waals surface area contributed by atoms with E-state index in [1.807, 2.05) is 39.2 Å². The molecule has 0 bridgehead atoms. The molecule has 1 heterocycles. The van der Waals surface area contributed by atoms with Crippen molar-refractivity contribution in [2.45, 2.75) is 20.4 Å². The molecule has 2 aromatic rings. The molecule has 0 spiro atoms. The highest BCUT2D eigenvalue weighted by Gasteiger charge is 2.10. The first-order valence-corrected chi connectivity index (χ1v) is 6.12. The molecule has 0 atom stereocenters. The third-order valence-corrected chi connectivity index (χ3v) is 2.88. The molecule has 1 aromatic heterocycles. The lowest BCUT2D eigenvalue weighted by Crippen LogP contribution is -2.00. The molecular weight excluding hydrogens is 226 g/mol. The van der Waals surface area contributed by atoms with Crippen LogP contribution in [-0.4, -0.2) is 16.4 Å². The van der Waals surface area contributed by atoms with E-state index in [0.717, 1.165) is 28.1 Å². The minimum Gasteiger partial charge on any atom is -0.494 e. The second-order valence-corrected chi connectivity index (χ2v) is 4.28. The average Bonchev–Trinajstić information content (AvgIpc) is 2.73. The Bertz CT molecular complexity index is 546. The zero-order chi connectivity index (χ0) is 13.1. The summed E-state index contributed by atoms with van der Waals surface area (Å²) in [5, 5.41) is 4.35. The van der Waals surface area contributed by atoms with Gasteiger partial charge in [0.15, 0.2) is 0 Å². The summed E-state index contributed by atoms with van der Waals surface area (Å²) in [5.41, 5.74) is 9.98. The maximum Gasteiger partial charge on any atom is 0.122 e. The van der Waals surface area contributed by atoms with Crippen LogP contribution >= 0.6 is 0 Å². The molecule has 2 rings (SSSR count). The molecule has 0 saturated carbocycles. The Labute approximate surface area is 107 Å². The number of hydrogen-bond acceptors (Lipinski definition) is 3. The largest absolute Gasteiger partial charge is 0.494 e. The highest BCUT2D eigenvalue weighted by atomic mass is 16.5. The molecule has 4 nitrogen and oxygen atoms in total. The Balaban J connectivity index is 2.41. The Morgan fingerprint density at radius 3 is 2.78 bits per heavy atom. The van der Waals surface area contributed by atoms with E-state index in [9.17, 15) is 0 Å². The van der Waals surface area contributed by atoms with E-state index in [0.29, 0.717) is 13.2 Å². The molecule has 4 heteroatoms. The topological polar surface area (TPSA) is 53.1 Å². The van der Waals surface area contributed by atoms with Crippen LogP contribution in [0.2, 0.25) is 0 Å². The summed E-state index contributed by atoms with van der Waals surface area (Å²) in [4.78, 5) is 0. The van der Waals surface area contributed by atoms with Gasteiger partial charge in [0.05, 0.1) is 12.3 Å². The van der Waals surface area contributed by atoms with Crippen molar-refractivity contribution in [2.24, 2.45) is 12.8 Å². The molecular formula is C14H19N3O. The number of aryl methyl sites for hydroxylation is 2. The molecule has 0 saturated heterocycles. The van der Waals surface area contributed by atoms with Crippen LogP contribution in [0, 0.1) is 6.92 Å². The van der Waals surface area contributed by atoms with Crippen LogP contribution in [0.15, 0.2) is 24.4 Å². The first kappa shape index (κ1) is 12.6. The monoisotopic (exact) mass is 245 g/mol. The molecule has 1 aromatic carbocycles. The summed E-state index contributed by atoms with van der Waals surface area (Å²) < 4.78 is 7.34. The van der Waals surface area contributed by atoms with E-state index in [2.05, 4.69) is 11.2 Å². The predicted octanol–water partition coefficient (Wildman–Crippen LogP) is 2.25. The Morgan fingerprint density at radius 1 is 1.39 bits per heavy atom. The second-order valence-electron chi connectivity index (χ2n) is 4.28. The van der Waals surface area contributed by atoms with Crippen molar-refractivity contribution in [3.05, 3.63) is 35.7 Å². The quantitative estimate of drug-likeness (QED) is 0.898. The van der Waals surface area contributed by atoms with Gasteiger partial charge in [0, 0.05) is 25.4 Å². The first-order chi connectivity index (χ1) is 8.65. The van der Waals surface area contributed by atoms with Gasteiger partial charge in [-0.05, 0) is 37.1 Å². The van der Waals surface area contributed by atoms with Gasteiger partial charge in [-0.3, -0.25) is 4.68 Å². The molecule has 0 unspecified atom stereocenters. The third kappa shape index (κ3) is 2.38. The maximum atomic E-state index is 5.72. The number of hydrogen-bond donors (Lipinski definition) is 1. The number of aromatic nitrogens is 2. The molecule has 0 radical (unpaired) electrons. The van der Waals surface area contributed by atoms with Crippen molar-refractivity contribution in [1.82, 2.24) is 9.78 Å². The smallest absolute Gasteiger partial charge is 0.122 e. The van der Waals surface area contributed by atoms with Crippen LogP contribution in [-0.2, 0) is 13.6 Å². The lowest BCUT2D eigenvalue weighted by Gasteiger charge is -2.08. The van der Waals surface area contributed by atoms with Gasteiger partial charge in [-0.1, -0.05) is 6.07 Å². The highest BCUT2D eigenvalue weighted by molar-refractivity contribution is 5.67. The summed E-state index contributed by atoms with van der Waals surface area (Å²) in [7, 11) is 1.91. The van der Waals surface area contributed by atoms with Crippen LogP contribution in [0.5, 0.6) is 5.75 Å². The summed E-state index contributed by atoms with van der Waals surface area (Å²) in [6, 6.07) is 6.16. The standard InChI is InChI=1S/C14H19N3O/c1-4-18-14-6-5-11(7-10(14)2)12-9-17(3)16-13(12)8-15/h5-7,9H,4,8,15H2,1-3H3. The number of rotatable bonds is 4. The highest BCUT2D eigenvalue weighted by Crippen LogP contribution is 2.28. The lowest BCUT2D eigenvalue weighted by molar-refractivity contribution is 0.338. The van der Waals surface area contributed by atoms with Crippen LogP contribution in [0.4, 0.5) is 0 Å². The number of benzene rings is 1. The first-order valence-electron chi connectivity index (χ1n) is 6.12. The van der Waals surface area contributed by atoms with Gasteiger partial charge in [-0.15, -0.1) is 0 Å². The van der Waals surface area contributed by atoms with Crippen molar-refractivity contribution in [1.29, 1.82) is 0 Å². The molecule has 18 heavy (non-hydrogen) atoms. The van der Waals surface area contributed by atoms with Crippen LogP contribution in [0.3, 0.4) is 0 Å². The zero-order valence-electron chi connectivity index (χ0n) is 11.1. The molecule has 2 N–H and O–H groups in total. The SMILES string of the molecule is CCOc1ccc(-c2cn(C)nc2CN)cc1C. The second kappa shape index (κ2) is 5.23. The zero-order valence-corrected chi connectivity index (χ0v) is 11.1. The van der Waals surface area contributed by atoms with Crippen molar-refractivity contribution < 1.29 is 4.74 Å². The normalized spacial score (nSPS) is 10.7. The molecule has 0 aliphatic heterocycles. The predicted molar refractivity (Wildman–Crippen MR) is 72.4 cm³/mol. The van der Waals surface area contributed by atoms with Gasteiger partial charge in [0.25, 0.3) is 0 Å². The van der Waals surface area contributed by atoms with Gasteiger partial charge in [-0.2, -0.15) is 5.10 Å². The van der Waals surface area contributed by atoms with Crippen molar-refractivity contribution in [2.75, 3.05) is 6.61 Å². The van der Waals surface area contributed by atoms with Crippen LogP contribution in [0.25, 0.3) is 11.1 Å². The van der Waals surface area contributed by atoms with Gasteiger partial charge >= 0.3 is 0 Å². The van der Waals surface area contributed by atoms with E-state index in [-0.39, 0.29) is 0 Å². The fourth-order valence-electron chi connectivity index (χ4n) is 2.06. The van der Waals surface area contributed by atoms with E-state index in [4.69, 9.17) is 10.5 Å². The van der Waals surface area contributed by atoms with Gasteiger partial charge < -0.3 is 10.5 Å². The molecule has 0 aliphatic carbocycles. The fourth-order valence-corrected chi connectivity index (χ4v) is 2.06. The summed E-state index contributed by atoms with van der Waals surface area (Å²) in [6.45, 7) is 5.16. The summed E-state index contributed by atoms with van der Waals surface area (Å²) >= 11 is 0. The van der Waals surface area contributed by atoms with Crippen LogP contribution < -0.4 is 10.5 Å². The van der Waals surface area contributed by atoms with Gasteiger partial charge in [-0.25, -0.2) is 0 Å². The Morgan fingerprint density at radius 2 is 2.17 bits per heavy atom. The fraction of sp³-hybridized carbons (Fsp3) is 0.357. The van der Waals surface area contributed by atoms with Gasteiger partial charge in [0.1, 0.15) is 5.75 Å². The minimum atomic E-state index is 0.447. The molecule has 96 valence electrons. The minimum absolute atomic E-state index is 0.447. The van der Waals surface area contributed by atoms with Crippen molar-refractivity contribution in [3.8, 4) is 16.9 Å². The lowest BCUT2D eigenvalue weighted by atomic mass is 10.0. The van der Waals surface area contributed by atoms with E-state index >= 15 is 0 Å². The van der Waals surface area contributed by atoms with E-state index in [1.165, 1.54) is 0 Å². The number of ether oxygens (including phenoxy) is 1. The Kier molecular flexibility index (Phi) is 3.67. The van der Waals surface area contributed by atoms with Gasteiger partial charge in [0.2, 0.25) is 0 Å². The number of nitrogens with two attached hydrogens (primary N) is 1.